The van der Waals surface area contributed by atoms with Crippen LogP contribution in [0.5, 0.6) is 11.5 Å². The zero-order valence-corrected chi connectivity index (χ0v) is 13.1. The summed E-state index contributed by atoms with van der Waals surface area (Å²) in [7, 11) is 1.61. The van der Waals surface area contributed by atoms with Crippen molar-refractivity contribution in [1.29, 1.82) is 0 Å². The Morgan fingerprint density at radius 2 is 1.95 bits per heavy atom. The number of nitrogens with one attached hydrogen (secondary N) is 2. The highest BCUT2D eigenvalue weighted by atomic mass is 32.1. The van der Waals surface area contributed by atoms with E-state index in [1.165, 1.54) is 0 Å². The number of anilines is 1. The third kappa shape index (κ3) is 4.20. The van der Waals surface area contributed by atoms with Crippen LogP contribution >= 0.6 is 12.2 Å². The van der Waals surface area contributed by atoms with Crippen molar-refractivity contribution in [3.8, 4) is 11.5 Å². The van der Waals surface area contributed by atoms with Crippen molar-refractivity contribution in [2.45, 2.75) is 6.92 Å². The third-order valence-corrected chi connectivity index (χ3v) is 3.14. The van der Waals surface area contributed by atoms with E-state index in [0.29, 0.717) is 16.4 Å². The summed E-state index contributed by atoms with van der Waals surface area (Å²) in [6.45, 7) is 1.79. The molecule has 0 fully saturated rings. The van der Waals surface area contributed by atoms with E-state index in [1.54, 1.807) is 32.2 Å². The molecule has 0 aromatic heterocycles. The molecule has 0 aliphatic heterocycles. The normalized spacial score (nSPS) is 10.9. The van der Waals surface area contributed by atoms with E-state index < -0.39 is 0 Å². The number of ether oxygens (including phenoxy) is 1. The van der Waals surface area contributed by atoms with Crippen molar-refractivity contribution < 1.29 is 9.84 Å². The first-order valence-corrected chi connectivity index (χ1v) is 7.04. The van der Waals surface area contributed by atoms with E-state index >= 15 is 0 Å². The lowest BCUT2D eigenvalue weighted by molar-refractivity contribution is 0.415. The molecule has 0 atom stereocenters. The predicted molar refractivity (Wildman–Crippen MR) is 92.7 cm³/mol. The highest BCUT2D eigenvalue weighted by molar-refractivity contribution is 7.80. The molecule has 0 heterocycles. The molecule has 0 saturated heterocycles. The van der Waals surface area contributed by atoms with E-state index in [-0.39, 0.29) is 5.75 Å². The molecule has 0 bridgehead atoms. The molecule has 0 spiro atoms. The van der Waals surface area contributed by atoms with Crippen LogP contribution in [0.2, 0.25) is 0 Å². The van der Waals surface area contributed by atoms with Gasteiger partial charge >= 0.3 is 0 Å². The van der Waals surface area contributed by atoms with E-state index in [1.807, 2.05) is 30.3 Å². The first kappa shape index (κ1) is 15.8. The fourth-order valence-electron chi connectivity index (χ4n) is 1.83. The second kappa shape index (κ2) is 7.42. The number of hydrogen-bond donors (Lipinski definition) is 3. The molecule has 22 heavy (non-hydrogen) atoms. The van der Waals surface area contributed by atoms with Gasteiger partial charge in [0.05, 0.1) is 12.8 Å². The maximum atomic E-state index is 9.77. The number of hydrogen-bond acceptors (Lipinski definition) is 4. The molecule has 0 aliphatic carbocycles. The monoisotopic (exact) mass is 315 g/mol. The minimum atomic E-state index is 0.178. The Labute approximate surface area is 134 Å². The fourth-order valence-corrected chi connectivity index (χ4v) is 2.00. The molecule has 0 unspecified atom stereocenters. The number of methoxy groups -OCH3 is 1. The van der Waals surface area contributed by atoms with Crippen LogP contribution in [-0.2, 0) is 0 Å². The van der Waals surface area contributed by atoms with Gasteiger partial charge in [-0.1, -0.05) is 18.2 Å². The summed E-state index contributed by atoms with van der Waals surface area (Å²) < 4.78 is 5.15. The number of nitrogens with zero attached hydrogens (tertiary/aromatic N) is 1. The number of hydrazone groups is 1. The zero-order valence-electron chi connectivity index (χ0n) is 12.3. The topological polar surface area (TPSA) is 65.9 Å². The minimum absolute atomic E-state index is 0.178. The van der Waals surface area contributed by atoms with Crippen molar-refractivity contribution in [2.24, 2.45) is 5.10 Å². The molecule has 0 radical (unpaired) electrons. The van der Waals surface area contributed by atoms with Crippen LogP contribution < -0.4 is 15.5 Å². The lowest BCUT2D eigenvalue weighted by atomic mass is 10.1. The number of aromatic hydroxyl groups is 1. The second-order valence-electron chi connectivity index (χ2n) is 4.51. The molecular weight excluding hydrogens is 298 g/mol. The molecule has 3 N–H and O–H groups in total. The smallest absolute Gasteiger partial charge is 0.191 e. The van der Waals surface area contributed by atoms with Gasteiger partial charge in [-0.05, 0) is 43.4 Å². The summed E-state index contributed by atoms with van der Waals surface area (Å²) in [5.74, 6) is 0.916. The molecule has 2 aromatic rings. The van der Waals surface area contributed by atoms with Gasteiger partial charge in [0.25, 0.3) is 0 Å². The summed E-state index contributed by atoms with van der Waals surface area (Å²) in [6.07, 6.45) is 0. The molecule has 5 nitrogen and oxygen atoms in total. The van der Waals surface area contributed by atoms with Gasteiger partial charge in [-0.3, -0.25) is 5.43 Å². The van der Waals surface area contributed by atoms with Crippen LogP contribution in [0.4, 0.5) is 5.69 Å². The van der Waals surface area contributed by atoms with Gasteiger partial charge in [0.1, 0.15) is 11.5 Å². The largest absolute Gasteiger partial charge is 0.507 e. The highest BCUT2D eigenvalue weighted by Gasteiger charge is 2.04. The molecule has 2 rings (SSSR count). The summed E-state index contributed by atoms with van der Waals surface area (Å²) in [5, 5.41) is 17.3. The molecule has 0 aliphatic rings. The Balaban J connectivity index is 2.00. The number of para-hydroxylation sites is 1. The van der Waals surface area contributed by atoms with Crippen LogP contribution in [0.15, 0.2) is 53.6 Å². The maximum absolute atomic E-state index is 9.77. The number of thiocarbonyl (C=S) groups is 1. The summed E-state index contributed by atoms with van der Waals surface area (Å²) in [4.78, 5) is 0. The van der Waals surface area contributed by atoms with E-state index in [9.17, 15) is 5.11 Å². The van der Waals surface area contributed by atoms with Crippen LogP contribution in [-0.4, -0.2) is 23.0 Å². The van der Waals surface area contributed by atoms with Gasteiger partial charge in [0.2, 0.25) is 0 Å². The van der Waals surface area contributed by atoms with E-state index in [4.69, 9.17) is 17.0 Å². The van der Waals surface area contributed by atoms with Gasteiger partial charge < -0.3 is 15.2 Å². The Bertz CT molecular complexity index is 701. The summed E-state index contributed by atoms with van der Waals surface area (Å²) in [6, 6.07) is 14.4. The number of phenols is 1. The van der Waals surface area contributed by atoms with E-state index in [0.717, 1.165) is 11.4 Å². The van der Waals surface area contributed by atoms with Gasteiger partial charge in [0.15, 0.2) is 5.11 Å². The van der Waals surface area contributed by atoms with E-state index in [2.05, 4.69) is 15.8 Å². The summed E-state index contributed by atoms with van der Waals surface area (Å²) in [5.41, 5.74) is 4.83. The van der Waals surface area contributed by atoms with Crippen LogP contribution in [0, 0.1) is 0 Å². The Kier molecular flexibility index (Phi) is 5.32. The Morgan fingerprint density at radius 3 is 2.68 bits per heavy atom. The van der Waals surface area contributed by atoms with Crippen LogP contribution in [0.1, 0.15) is 12.5 Å². The Morgan fingerprint density at radius 1 is 1.18 bits per heavy atom. The van der Waals surface area contributed by atoms with Gasteiger partial charge in [-0.25, -0.2) is 0 Å². The van der Waals surface area contributed by atoms with Crippen LogP contribution in [0.3, 0.4) is 0 Å². The molecular formula is C16H17N3O2S. The summed E-state index contributed by atoms with van der Waals surface area (Å²) >= 11 is 5.18. The number of benzene rings is 2. The minimum Gasteiger partial charge on any atom is -0.507 e. The van der Waals surface area contributed by atoms with Crippen LogP contribution in [0.25, 0.3) is 0 Å². The SMILES string of the molecule is COc1cccc(NC(=S)N/N=C(\C)c2ccccc2O)c1. The van der Waals surface area contributed by atoms with Crippen molar-refractivity contribution >= 4 is 28.7 Å². The quantitative estimate of drug-likeness (QED) is 0.459. The molecule has 114 valence electrons. The Hall–Kier alpha value is -2.60. The number of rotatable bonds is 4. The second-order valence-corrected chi connectivity index (χ2v) is 4.92. The fraction of sp³-hybridized carbons (Fsp3) is 0.125. The first-order chi connectivity index (χ1) is 10.6. The standard InChI is InChI=1S/C16H17N3O2S/c1-11(14-8-3-4-9-15(14)20)18-19-16(22)17-12-6-5-7-13(10-12)21-2/h3-10,20H,1-2H3,(H2,17,19,22)/b18-11+. The van der Waals surface area contributed by atoms with Crippen molar-refractivity contribution in [2.75, 3.05) is 12.4 Å². The lowest BCUT2D eigenvalue weighted by Gasteiger charge is -2.09. The molecule has 6 heteroatoms. The van der Waals surface area contributed by atoms with Gasteiger partial charge in [-0.15, -0.1) is 0 Å². The first-order valence-electron chi connectivity index (χ1n) is 6.64. The predicted octanol–water partition coefficient (Wildman–Crippen LogP) is 3.11. The molecule has 0 amide bonds. The average molecular weight is 315 g/mol. The van der Waals surface area contributed by atoms with Gasteiger partial charge in [-0.2, -0.15) is 5.10 Å². The maximum Gasteiger partial charge on any atom is 0.191 e. The third-order valence-electron chi connectivity index (χ3n) is 2.95. The van der Waals surface area contributed by atoms with Gasteiger partial charge in [0, 0.05) is 17.3 Å². The molecule has 0 saturated carbocycles. The molecule has 2 aromatic carbocycles. The lowest BCUT2D eigenvalue weighted by Crippen LogP contribution is -2.25. The van der Waals surface area contributed by atoms with Crippen molar-refractivity contribution in [3.63, 3.8) is 0 Å². The number of phenolic OH excluding ortho intramolecular Hbond substituents is 1. The highest BCUT2D eigenvalue weighted by Crippen LogP contribution is 2.17. The van der Waals surface area contributed by atoms with Crippen molar-refractivity contribution in [3.05, 3.63) is 54.1 Å². The average Bonchev–Trinajstić information content (AvgIpc) is 2.53. The van der Waals surface area contributed by atoms with Crippen molar-refractivity contribution in [1.82, 2.24) is 5.43 Å². The zero-order chi connectivity index (χ0) is 15.9.